The molecule has 2 atom stereocenters. The van der Waals surface area contributed by atoms with Crippen LogP contribution in [0.4, 0.5) is 0 Å². The van der Waals surface area contributed by atoms with Crippen molar-refractivity contribution in [2.24, 2.45) is 0 Å². The second-order valence-corrected chi connectivity index (χ2v) is 8.80. The van der Waals surface area contributed by atoms with Crippen molar-refractivity contribution in [2.75, 3.05) is 5.08 Å². The molecule has 134 valence electrons. The summed E-state index contributed by atoms with van der Waals surface area (Å²) in [5, 5.41) is -1.53. The minimum absolute atomic E-state index is 0.657. The SMILES string of the molecule is CC(C)OC(=O)C1OS(=O)(=O)CS(=O)(=O)OC1C(=O)OC(C)C. The highest BCUT2D eigenvalue weighted by molar-refractivity contribution is 8.03. The van der Waals surface area contributed by atoms with Crippen LogP contribution in [0.25, 0.3) is 0 Å². The summed E-state index contributed by atoms with van der Waals surface area (Å²) in [7, 11) is -9.35. The predicted octanol–water partition coefficient (Wildman–Crippen LogP) is -0.709. The molecule has 0 amide bonds. The van der Waals surface area contributed by atoms with E-state index in [2.05, 4.69) is 8.37 Å². The molecule has 0 N–H and O–H groups in total. The third-order valence-electron chi connectivity index (χ3n) is 2.23. The average molecular weight is 374 g/mol. The number of hydrogen-bond donors (Lipinski definition) is 0. The molecule has 1 saturated heterocycles. The van der Waals surface area contributed by atoms with Crippen LogP contribution in [0.3, 0.4) is 0 Å². The Labute approximate surface area is 134 Å². The number of ether oxygens (including phenoxy) is 2. The van der Waals surface area contributed by atoms with Gasteiger partial charge in [0.15, 0.2) is 0 Å². The highest BCUT2D eigenvalue weighted by atomic mass is 32.3. The van der Waals surface area contributed by atoms with E-state index in [-0.39, 0.29) is 0 Å². The van der Waals surface area contributed by atoms with Crippen LogP contribution in [-0.4, -0.2) is 58.3 Å². The van der Waals surface area contributed by atoms with Gasteiger partial charge in [-0.1, -0.05) is 0 Å². The van der Waals surface area contributed by atoms with Crippen LogP contribution >= 0.6 is 0 Å². The predicted molar refractivity (Wildman–Crippen MR) is 74.9 cm³/mol. The van der Waals surface area contributed by atoms with Crippen molar-refractivity contribution in [1.29, 1.82) is 0 Å². The quantitative estimate of drug-likeness (QED) is 0.458. The smallest absolute Gasteiger partial charge is 0.340 e. The summed E-state index contributed by atoms with van der Waals surface area (Å²) in [6, 6.07) is 0. The lowest BCUT2D eigenvalue weighted by Gasteiger charge is -2.21. The molecule has 1 heterocycles. The number of carbonyl (C=O) groups excluding carboxylic acids is 2. The van der Waals surface area contributed by atoms with Gasteiger partial charge in [-0.15, -0.1) is 0 Å². The van der Waals surface area contributed by atoms with Crippen LogP contribution in [0, 0.1) is 0 Å². The molecular formula is C11H18O10S2. The van der Waals surface area contributed by atoms with Crippen molar-refractivity contribution < 1.29 is 44.3 Å². The maximum absolute atomic E-state index is 12.0. The Morgan fingerprint density at radius 3 is 1.39 bits per heavy atom. The van der Waals surface area contributed by atoms with Gasteiger partial charge in [0.25, 0.3) is 20.2 Å². The van der Waals surface area contributed by atoms with Crippen molar-refractivity contribution in [3.8, 4) is 0 Å². The largest absolute Gasteiger partial charge is 0.461 e. The lowest BCUT2D eigenvalue weighted by Crippen LogP contribution is -2.46. The molecule has 0 aromatic carbocycles. The molecule has 0 aromatic rings. The van der Waals surface area contributed by atoms with Crippen LogP contribution in [0.5, 0.6) is 0 Å². The van der Waals surface area contributed by atoms with Gasteiger partial charge in [0.1, 0.15) is 0 Å². The summed E-state index contributed by atoms with van der Waals surface area (Å²) in [5.74, 6) is -2.52. The molecule has 12 heteroatoms. The average Bonchev–Trinajstić information content (AvgIpc) is 2.39. The molecule has 1 rings (SSSR count). The monoisotopic (exact) mass is 374 g/mol. The van der Waals surface area contributed by atoms with Gasteiger partial charge < -0.3 is 9.47 Å². The molecular weight excluding hydrogens is 356 g/mol. The lowest BCUT2D eigenvalue weighted by atomic mass is 10.2. The van der Waals surface area contributed by atoms with Crippen LogP contribution in [0.1, 0.15) is 27.7 Å². The topological polar surface area (TPSA) is 139 Å². The fourth-order valence-corrected chi connectivity index (χ4v) is 4.42. The molecule has 10 nitrogen and oxygen atoms in total. The van der Waals surface area contributed by atoms with E-state index in [1.165, 1.54) is 27.7 Å². The fourth-order valence-electron chi connectivity index (χ4n) is 1.57. The Balaban J connectivity index is 3.25. The zero-order valence-electron chi connectivity index (χ0n) is 12.9. The summed E-state index contributed by atoms with van der Waals surface area (Å²) in [6.45, 7) is 5.90. The third kappa shape index (κ3) is 6.05. The number of carbonyl (C=O) groups is 2. The van der Waals surface area contributed by atoms with Crippen LogP contribution in [-0.2, 0) is 47.7 Å². The zero-order chi connectivity index (χ0) is 18.0. The summed E-state index contributed by atoms with van der Waals surface area (Å²) >= 11 is 0. The summed E-state index contributed by atoms with van der Waals surface area (Å²) in [5.41, 5.74) is 0. The van der Waals surface area contributed by atoms with E-state index >= 15 is 0 Å². The van der Waals surface area contributed by atoms with Gasteiger partial charge in [0, 0.05) is 0 Å². The van der Waals surface area contributed by atoms with E-state index in [4.69, 9.17) is 9.47 Å². The van der Waals surface area contributed by atoms with Gasteiger partial charge in [-0.3, -0.25) is 8.37 Å². The molecule has 2 unspecified atom stereocenters. The van der Waals surface area contributed by atoms with Crippen molar-refractivity contribution in [2.45, 2.75) is 52.1 Å². The summed E-state index contributed by atoms with van der Waals surface area (Å²) in [4.78, 5) is 23.9. The first-order valence-corrected chi connectivity index (χ1v) is 9.71. The second-order valence-electron chi connectivity index (χ2n) is 5.24. The molecule has 1 aliphatic rings. The number of hydrogen-bond acceptors (Lipinski definition) is 10. The Kier molecular flexibility index (Phi) is 6.12. The van der Waals surface area contributed by atoms with Crippen molar-refractivity contribution in [1.82, 2.24) is 0 Å². The Morgan fingerprint density at radius 1 is 0.826 bits per heavy atom. The van der Waals surface area contributed by atoms with E-state index in [9.17, 15) is 26.4 Å². The van der Waals surface area contributed by atoms with Gasteiger partial charge in [-0.05, 0) is 27.7 Å². The van der Waals surface area contributed by atoms with E-state index < -0.39 is 61.7 Å². The lowest BCUT2D eigenvalue weighted by molar-refractivity contribution is -0.172. The standard InChI is InChI=1S/C11H18O10S2/c1-6(2)18-10(12)8-9(11(13)19-7(3)4)21-23(16,17)5-22(14,15)20-8/h6-9H,5H2,1-4H3. The minimum atomic E-state index is -4.67. The highest BCUT2D eigenvalue weighted by Crippen LogP contribution is 2.22. The first-order valence-electron chi connectivity index (χ1n) is 6.56. The summed E-state index contributed by atoms with van der Waals surface area (Å²) in [6.07, 6.45) is -5.55. The van der Waals surface area contributed by atoms with E-state index in [1.54, 1.807) is 0 Å². The van der Waals surface area contributed by atoms with Gasteiger partial charge in [-0.2, -0.15) is 16.8 Å². The fraction of sp³-hybridized carbons (Fsp3) is 0.818. The third-order valence-corrected chi connectivity index (χ3v) is 5.54. The van der Waals surface area contributed by atoms with Crippen LogP contribution in [0.15, 0.2) is 0 Å². The number of esters is 2. The van der Waals surface area contributed by atoms with Crippen molar-refractivity contribution in [3.05, 3.63) is 0 Å². The summed E-state index contributed by atoms with van der Waals surface area (Å²) < 4.78 is 65.1. The normalized spacial score (nSPS) is 26.5. The molecule has 0 saturated carbocycles. The molecule has 0 spiro atoms. The van der Waals surface area contributed by atoms with Crippen LogP contribution < -0.4 is 0 Å². The minimum Gasteiger partial charge on any atom is -0.461 e. The zero-order valence-corrected chi connectivity index (χ0v) is 14.5. The molecule has 23 heavy (non-hydrogen) atoms. The molecule has 0 aliphatic carbocycles. The van der Waals surface area contributed by atoms with Gasteiger partial charge in [0.05, 0.1) is 12.2 Å². The maximum Gasteiger partial charge on any atom is 0.340 e. The molecule has 0 aromatic heterocycles. The highest BCUT2D eigenvalue weighted by Gasteiger charge is 2.49. The molecule has 0 radical (unpaired) electrons. The molecule has 1 fully saturated rings. The molecule has 1 aliphatic heterocycles. The Morgan fingerprint density at radius 2 is 1.13 bits per heavy atom. The van der Waals surface area contributed by atoms with Crippen molar-refractivity contribution >= 4 is 32.2 Å². The van der Waals surface area contributed by atoms with Gasteiger partial charge in [0.2, 0.25) is 17.3 Å². The first kappa shape index (κ1) is 19.8. The Bertz CT molecular complexity index is 603. The van der Waals surface area contributed by atoms with Crippen LogP contribution in [0.2, 0.25) is 0 Å². The van der Waals surface area contributed by atoms with E-state index in [1.807, 2.05) is 0 Å². The second kappa shape index (κ2) is 7.11. The van der Waals surface area contributed by atoms with E-state index in [0.717, 1.165) is 0 Å². The van der Waals surface area contributed by atoms with Crippen molar-refractivity contribution in [3.63, 3.8) is 0 Å². The van der Waals surface area contributed by atoms with Gasteiger partial charge in [-0.25, -0.2) is 9.59 Å². The van der Waals surface area contributed by atoms with Gasteiger partial charge >= 0.3 is 11.9 Å². The first-order chi connectivity index (χ1) is 10.3. The number of rotatable bonds is 4. The Hall–Kier alpha value is -1.24. The van der Waals surface area contributed by atoms with E-state index in [0.29, 0.717) is 0 Å². The molecule has 0 bridgehead atoms. The maximum atomic E-state index is 12.0.